The molecule has 0 radical (unpaired) electrons. The van der Waals surface area contributed by atoms with E-state index in [0.29, 0.717) is 17.2 Å². The molecular weight excluding hydrogens is 332 g/mol. The smallest absolute Gasteiger partial charge is 0.228 e. The maximum absolute atomic E-state index is 13.7. The van der Waals surface area contributed by atoms with Crippen LogP contribution in [0.4, 0.5) is 0 Å². The van der Waals surface area contributed by atoms with E-state index in [1.54, 1.807) is 0 Å². The van der Waals surface area contributed by atoms with Crippen LogP contribution in [0.1, 0.15) is 71.3 Å². The van der Waals surface area contributed by atoms with E-state index >= 15 is 0 Å². The van der Waals surface area contributed by atoms with Gasteiger partial charge < -0.3 is 10.6 Å². The molecule has 1 aromatic rings. The van der Waals surface area contributed by atoms with Crippen LogP contribution in [-0.2, 0) is 10.2 Å². The molecule has 2 atom stereocenters. The lowest BCUT2D eigenvalue weighted by Gasteiger charge is -2.61. The number of amides is 1. The van der Waals surface area contributed by atoms with E-state index in [9.17, 15) is 4.79 Å². The Bertz CT molecular complexity index is 686. The van der Waals surface area contributed by atoms with E-state index in [4.69, 9.17) is 5.73 Å². The Morgan fingerprint density at radius 2 is 1.67 bits per heavy atom. The molecule has 1 aromatic carbocycles. The fourth-order valence-corrected chi connectivity index (χ4v) is 7.10. The number of rotatable bonds is 2. The fourth-order valence-electron chi connectivity index (χ4n) is 7.10. The second kappa shape index (κ2) is 6.62. The van der Waals surface area contributed by atoms with Crippen LogP contribution in [0.3, 0.4) is 0 Å². The SMILES string of the molecule is CC1CC2(C)CC(c3ccccc3)(C2)CC(C)(C(=O)N2CCC(N)CC2)C1. The maximum atomic E-state index is 13.7. The average molecular weight is 369 g/mol. The summed E-state index contributed by atoms with van der Waals surface area (Å²) in [7, 11) is 0. The second-order valence-electron chi connectivity index (χ2n) is 10.7. The van der Waals surface area contributed by atoms with Gasteiger partial charge in [-0.25, -0.2) is 0 Å². The Labute approximate surface area is 164 Å². The van der Waals surface area contributed by atoms with Crippen molar-refractivity contribution in [1.29, 1.82) is 0 Å². The molecule has 1 heterocycles. The van der Waals surface area contributed by atoms with Crippen LogP contribution < -0.4 is 5.73 Å². The van der Waals surface area contributed by atoms with Crippen molar-refractivity contribution in [2.45, 2.75) is 77.2 Å². The highest BCUT2D eigenvalue weighted by Crippen LogP contribution is 2.65. The molecule has 0 spiro atoms. The van der Waals surface area contributed by atoms with Gasteiger partial charge in [0.15, 0.2) is 0 Å². The lowest BCUT2D eigenvalue weighted by atomic mass is 9.43. The molecule has 4 aliphatic rings. The Morgan fingerprint density at radius 3 is 2.30 bits per heavy atom. The highest BCUT2D eigenvalue weighted by Gasteiger charge is 2.58. The van der Waals surface area contributed by atoms with Crippen LogP contribution in [0.5, 0.6) is 0 Å². The van der Waals surface area contributed by atoms with Crippen molar-refractivity contribution in [3.63, 3.8) is 0 Å². The molecule has 0 aromatic heterocycles. The zero-order valence-corrected chi connectivity index (χ0v) is 17.3. The maximum Gasteiger partial charge on any atom is 0.228 e. The van der Waals surface area contributed by atoms with Gasteiger partial charge in [-0.05, 0) is 67.3 Å². The molecule has 1 aliphatic heterocycles. The molecule has 3 nitrogen and oxygen atoms in total. The van der Waals surface area contributed by atoms with Gasteiger partial charge in [0, 0.05) is 24.5 Å². The van der Waals surface area contributed by atoms with E-state index in [1.165, 1.54) is 24.8 Å². The summed E-state index contributed by atoms with van der Waals surface area (Å²) in [5.74, 6) is 0.983. The number of carbonyl (C=O) groups excluding carboxylic acids is 1. The minimum atomic E-state index is -0.265. The number of fused-ring (bicyclic) bond motifs is 4. The van der Waals surface area contributed by atoms with Gasteiger partial charge in [-0.15, -0.1) is 0 Å². The molecule has 5 rings (SSSR count). The Morgan fingerprint density at radius 1 is 1.04 bits per heavy atom. The number of piperidine rings is 1. The summed E-state index contributed by atoms with van der Waals surface area (Å²) in [6, 6.07) is 11.3. The summed E-state index contributed by atoms with van der Waals surface area (Å²) in [4.78, 5) is 15.8. The third-order valence-electron chi connectivity index (χ3n) is 7.63. The van der Waals surface area contributed by atoms with Crippen LogP contribution in [0.25, 0.3) is 0 Å². The number of nitrogens with two attached hydrogens (primary N) is 1. The highest BCUT2D eigenvalue weighted by atomic mass is 16.2. The van der Waals surface area contributed by atoms with Crippen LogP contribution in [0.2, 0.25) is 0 Å². The fraction of sp³-hybridized carbons (Fsp3) is 0.708. The van der Waals surface area contributed by atoms with Crippen molar-refractivity contribution in [1.82, 2.24) is 4.90 Å². The normalized spacial score (nSPS) is 40.0. The average Bonchev–Trinajstić information content (AvgIpc) is 2.59. The monoisotopic (exact) mass is 368 g/mol. The largest absolute Gasteiger partial charge is 0.342 e. The van der Waals surface area contributed by atoms with E-state index in [0.717, 1.165) is 38.8 Å². The minimum absolute atomic E-state index is 0.173. The molecule has 27 heavy (non-hydrogen) atoms. The second-order valence-corrected chi connectivity index (χ2v) is 10.7. The summed E-state index contributed by atoms with van der Waals surface area (Å²) >= 11 is 0. The Kier molecular flexibility index (Phi) is 4.65. The summed E-state index contributed by atoms with van der Waals surface area (Å²) in [5.41, 5.74) is 7.87. The Balaban J connectivity index is 1.64. The molecule has 3 heteroatoms. The number of likely N-dealkylation sites (tertiary alicyclic amines) is 1. The van der Waals surface area contributed by atoms with Gasteiger partial charge in [-0.1, -0.05) is 51.1 Å². The lowest BCUT2D eigenvalue weighted by molar-refractivity contribution is -0.150. The summed E-state index contributed by atoms with van der Waals surface area (Å²) < 4.78 is 0. The highest BCUT2D eigenvalue weighted by molar-refractivity contribution is 5.83. The van der Waals surface area contributed by atoms with Crippen molar-refractivity contribution in [2.75, 3.05) is 13.1 Å². The molecule has 2 unspecified atom stereocenters. The van der Waals surface area contributed by atoms with Gasteiger partial charge in [0.25, 0.3) is 0 Å². The van der Waals surface area contributed by atoms with Gasteiger partial charge in [0.1, 0.15) is 0 Å². The van der Waals surface area contributed by atoms with E-state index in [-0.39, 0.29) is 16.9 Å². The van der Waals surface area contributed by atoms with Crippen LogP contribution >= 0.6 is 0 Å². The standard InChI is InChI=1S/C24H36N2O/c1-18-13-22(2)15-24(16-22,19-7-5-4-6-8-19)17-23(3,14-18)21(27)26-11-9-20(25)10-12-26/h4-8,18,20H,9-17,25H2,1-3H3. The summed E-state index contributed by atoms with van der Waals surface area (Å²) in [5, 5.41) is 0. The van der Waals surface area contributed by atoms with Crippen LogP contribution in [0, 0.1) is 16.7 Å². The lowest BCUT2D eigenvalue weighted by Crippen LogP contribution is -2.57. The Hall–Kier alpha value is -1.35. The molecule has 2 bridgehead atoms. The first kappa shape index (κ1) is 19.0. The van der Waals surface area contributed by atoms with E-state index < -0.39 is 0 Å². The summed E-state index contributed by atoms with van der Waals surface area (Å²) in [6.07, 6.45) is 7.59. The van der Waals surface area contributed by atoms with Crippen molar-refractivity contribution in [3.8, 4) is 0 Å². The zero-order chi connectivity index (χ0) is 19.3. The number of hydrogen-bond donors (Lipinski definition) is 1. The number of nitrogens with zero attached hydrogens (tertiary/aromatic N) is 1. The van der Waals surface area contributed by atoms with Crippen molar-refractivity contribution < 1.29 is 4.79 Å². The van der Waals surface area contributed by atoms with Crippen molar-refractivity contribution in [2.24, 2.45) is 22.5 Å². The molecule has 148 valence electrons. The predicted octanol–water partition coefficient (Wildman–Crippen LogP) is 4.50. The molecule has 3 aliphatic carbocycles. The zero-order valence-electron chi connectivity index (χ0n) is 17.3. The molecule has 1 saturated heterocycles. The third-order valence-corrected chi connectivity index (χ3v) is 7.63. The first-order valence-corrected chi connectivity index (χ1v) is 10.8. The van der Waals surface area contributed by atoms with Gasteiger partial charge in [-0.3, -0.25) is 4.79 Å². The van der Waals surface area contributed by atoms with E-state index in [1.807, 2.05) is 0 Å². The van der Waals surface area contributed by atoms with Gasteiger partial charge >= 0.3 is 0 Å². The molecule has 3 saturated carbocycles. The topological polar surface area (TPSA) is 46.3 Å². The minimum Gasteiger partial charge on any atom is -0.342 e. The molecule has 1 amide bonds. The molecule has 2 N–H and O–H groups in total. The van der Waals surface area contributed by atoms with Crippen LogP contribution in [-0.4, -0.2) is 29.9 Å². The van der Waals surface area contributed by atoms with Gasteiger partial charge in [0.05, 0.1) is 0 Å². The molecule has 4 fully saturated rings. The summed E-state index contributed by atoms with van der Waals surface area (Å²) in [6.45, 7) is 8.74. The van der Waals surface area contributed by atoms with Crippen LogP contribution in [0.15, 0.2) is 30.3 Å². The van der Waals surface area contributed by atoms with Crippen molar-refractivity contribution in [3.05, 3.63) is 35.9 Å². The van der Waals surface area contributed by atoms with E-state index in [2.05, 4.69) is 56.0 Å². The predicted molar refractivity (Wildman–Crippen MR) is 110 cm³/mol. The number of carbonyl (C=O) groups is 1. The van der Waals surface area contributed by atoms with Gasteiger partial charge in [0.2, 0.25) is 5.91 Å². The third kappa shape index (κ3) is 3.44. The van der Waals surface area contributed by atoms with Crippen molar-refractivity contribution >= 4 is 5.91 Å². The first-order chi connectivity index (χ1) is 12.7. The molecular formula is C24H36N2O. The number of hydrogen-bond acceptors (Lipinski definition) is 2. The first-order valence-electron chi connectivity index (χ1n) is 10.8. The number of benzene rings is 1. The van der Waals surface area contributed by atoms with Gasteiger partial charge in [-0.2, -0.15) is 0 Å². The quantitative estimate of drug-likeness (QED) is 0.835.